The summed E-state index contributed by atoms with van der Waals surface area (Å²) in [6.07, 6.45) is -9.17. The first-order valence-corrected chi connectivity index (χ1v) is 10.7. The highest BCUT2D eigenvalue weighted by Gasteiger charge is 2.52. The second kappa shape index (κ2) is 12.6. The molecule has 38 heavy (non-hydrogen) atoms. The van der Waals surface area contributed by atoms with E-state index in [1.54, 1.807) is 0 Å². The van der Waals surface area contributed by atoms with Crippen molar-refractivity contribution in [2.45, 2.75) is 64.6 Å². The molecule has 2 rings (SSSR count). The van der Waals surface area contributed by atoms with Gasteiger partial charge in [0.1, 0.15) is 18.8 Å². The summed E-state index contributed by atoms with van der Waals surface area (Å²) in [4.78, 5) is 59.0. The number of rotatable bonds is 8. The number of hydrogen-bond donors (Lipinski definition) is 0. The molecule has 16 heteroatoms. The Bertz CT molecular complexity index is 1100. The molecule has 0 bridgehead atoms. The molecule has 0 amide bonds. The molecule has 0 spiro atoms. The molecular formula is C22H21F5O11. The first-order chi connectivity index (χ1) is 17.6. The fourth-order valence-electron chi connectivity index (χ4n) is 3.48. The topological polar surface area (TPSA) is 141 Å². The zero-order chi connectivity index (χ0) is 28.9. The van der Waals surface area contributed by atoms with Gasteiger partial charge in [0.05, 0.1) is 6.42 Å². The third-order valence-corrected chi connectivity index (χ3v) is 4.84. The van der Waals surface area contributed by atoms with E-state index in [9.17, 15) is 45.9 Å². The van der Waals surface area contributed by atoms with E-state index in [4.69, 9.17) is 23.7 Å². The molecule has 0 aromatic heterocycles. The zero-order valence-corrected chi connectivity index (χ0v) is 20.2. The normalized spacial score (nSPS) is 22.7. The summed E-state index contributed by atoms with van der Waals surface area (Å²) in [6, 6.07) is 0. The predicted molar refractivity (Wildman–Crippen MR) is 108 cm³/mol. The van der Waals surface area contributed by atoms with Crippen molar-refractivity contribution in [1.29, 1.82) is 0 Å². The maximum absolute atomic E-state index is 14.0. The lowest BCUT2D eigenvalue weighted by Crippen LogP contribution is -2.62. The van der Waals surface area contributed by atoms with Gasteiger partial charge in [-0.05, 0) is 0 Å². The summed E-state index contributed by atoms with van der Waals surface area (Å²) >= 11 is 0. The highest BCUT2D eigenvalue weighted by Crippen LogP contribution is 2.33. The van der Waals surface area contributed by atoms with Crippen LogP contribution in [0.3, 0.4) is 0 Å². The number of halogens is 5. The van der Waals surface area contributed by atoms with Gasteiger partial charge in [0, 0.05) is 27.7 Å². The fraction of sp³-hybridized carbons (Fsp3) is 0.500. The van der Waals surface area contributed by atoms with E-state index < -0.39 is 108 Å². The molecule has 1 saturated heterocycles. The molecule has 11 nitrogen and oxygen atoms in total. The lowest BCUT2D eigenvalue weighted by Gasteiger charge is -2.44. The van der Waals surface area contributed by atoms with Gasteiger partial charge in [-0.3, -0.25) is 24.0 Å². The van der Waals surface area contributed by atoms with Crippen LogP contribution < -0.4 is 4.74 Å². The second-order valence-electron chi connectivity index (χ2n) is 7.81. The molecule has 5 atom stereocenters. The standard InChI is InChI=1S/C22H21F5O11/c1-7(28)33-6-12-20(35-9(3)30)22(36-10(4)31)19(34-8(2)29)11(37-12)5-13(32)38-21-17(26)15(24)14(23)16(25)18(21)27/h11-12,19-20,22H,5-6H2,1-4H3/t11-,12+,19-,20+,22+/m0/s1. The summed E-state index contributed by atoms with van der Waals surface area (Å²) in [7, 11) is 0. The van der Waals surface area contributed by atoms with E-state index in [-0.39, 0.29) is 0 Å². The van der Waals surface area contributed by atoms with Gasteiger partial charge in [-0.15, -0.1) is 0 Å². The Labute approximate surface area is 211 Å². The van der Waals surface area contributed by atoms with E-state index in [0.29, 0.717) is 0 Å². The Kier molecular flexibility index (Phi) is 10.1. The van der Waals surface area contributed by atoms with Crippen LogP contribution >= 0.6 is 0 Å². The van der Waals surface area contributed by atoms with Crippen LogP contribution in [-0.2, 0) is 47.7 Å². The SMILES string of the molecule is CC(=O)OC[C@H]1O[C@@H](CC(=O)Oc2c(F)c(F)c(F)c(F)c2F)[C@H](OC(C)=O)[C@@H](OC(C)=O)[C@@H]1OC(C)=O. The minimum absolute atomic E-state index is 0.638. The van der Waals surface area contributed by atoms with Gasteiger partial charge in [0.15, 0.2) is 18.3 Å². The number of carbonyl (C=O) groups is 5. The molecule has 1 aliphatic rings. The highest BCUT2D eigenvalue weighted by molar-refractivity contribution is 5.74. The third kappa shape index (κ3) is 7.36. The van der Waals surface area contributed by atoms with Crippen LogP contribution in [0, 0.1) is 29.1 Å². The average molecular weight is 556 g/mol. The first-order valence-electron chi connectivity index (χ1n) is 10.7. The Morgan fingerprint density at radius 2 is 1.05 bits per heavy atom. The maximum Gasteiger partial charge on any atom is 0.314 e. The summed E-state index contributed by atoms with van der Waals surface area (Å²) in [5.41, 5.74) is 0. The number of benzene rings is 1. The van der Waals surface area contributed by atoms with Gasteiger partial charge in [0.2, 0.25) is 34.8 Å². The van der Waals surface area contributed by atoms with Crippen LogP contribution in [0.4, 0.5) is 22.0 Å². The van der Waals surface area contributed by atoms with Crippen LogP contribution in [0.1, 0.15) is 34.1 Å². The number of esters is 5. The van der Waals surface area contributed by atoms with Gasteiger partial charge in [-0.2, -0.15) is 8.78 Å². The average Bonchev–Trinajstić information content (AvgIpc) is 2.81. The fourth-order valence-corrected chi connectivity index (χ4v) is 3.48. The van der Waals surface area contributed by atoms with E-state index in [1.807, 2.05) is 0 Å². The maximum atomic E-state index is 14.0. The molecule has 1 aromatic carbocycles. The molecule has 1 aliphatic heterocycles. The molecule has 1 heterocycles. The predicted octanol–water partition coefficient (Wildman–Crippen LogP) is 1.80. The largest absolute Gasteiger partial charge is 0.463 e. The van der Waals surface area contributed by atoms with Crippen molar-refractivity contribution in [2.75, 3.05) is 6.61 Å². The van der Waals surface area contributed by atoms with E-state index in [2.05, 4.69) is 4.74 Å². The monoisotopic (exact) mass is 556 g/mol. The molecule has 0 N–H and O–H groups in total. The highest BCUT2D eigenvalue weighted by atomic mass is 19.2. The summed E-state index contributed by atoms with van der Waals surface area (Å²) < 4.78 is 98.3. The molecule has 0 aliphatic carbocycles. The first kappa shape index (κ1) is 30.4. The van der Waals surface area contributed by atoms with Gasteiger partial charge in [0.25, 0.3) is 0 Å². The Hall–Kier alpha value is -3.82. The third-order valence-electron chi connectivity index (χ3n) is 4.84. The van der Waals surface area contributed by atoms with Gasteiger partial charge >= 0.3 is 29.8 Å². The van der Waals surface area contributed by atoms with Gasteiger partial charge < -0.3 is 28.4 Å². The zero-order valence-electron chi connectivity index (χ0n) is 20.2. The van der Waals surface area contributed by atoms with Crippen molar-refractivity contribution >= 4 is 29.8 Å². The van der Waals surface area contributed by atoms with E-state index in [0.717, 1.165) is 27.7 Å². The number of carbonyl (C=O) groups excluding carboxylic acids is 5. The molecular weight excluding hydrogens is 535 g/mol. The Morgan fingerprint density at radius 1 is 0.632 bits per heavy atom. The van der Waals surface area contributed by atoms with Crippen LogP contribution in [-0.4, -0.2) is 67.0 Å². The number of ether oxygens (including phenoxy) is 6. The van der Waals surface area contributed by atoms with E-state index >= 15 is 0 Å². The van der Waals surface area contributed by atoms with Crippen molar-refractivity contribution in [2.24, 2.45) is 0 Å². The van der Waals surface area contributed by atoms with Gasteiger partial charge in [-0.1, -0.05) is 0 Å². The molecule has 1 fully saturated rings. The van der Waals surface area contributed by atoms with Crippen molar-refractivity contribution < 1.29 is 74.3 Å². The Balaban J connectivity index is 2.46. The van der Waals surface area contributed by atoms with Crippen LogP contribution in [0.25, 0.3) is 0 Å². The quantitative estimate of drug-likeness (QED) is 0.116. The van der Waals surface area contributed by atoms with Crippen LogP contribution in [0.15, 0.2) is 0 Å². The van der Waals surface area contributed by atoms with Crippen molar-refractivity contribution in [1.82, 2.24) is 0 Å². The lowest BCUT2D eigenvalue weighted by molar-refractivity contribution is -0.253. The molecule has 0 saturated carbocycles. The molecule has 210 valence electrons. The van der Waals surface area contributed by atoms with Crippen molar-refractivity contribution in [3.05, 3.63) is 29.1 Å². The Morgan fingerprint density at radius 3 is 1.50 bits per heavy atom. The molecule has 1 aromatic rings. The molecule has 0 unspecified atom stereocenters. The smallest absolute Gasteiger partial charge is 0.314 e. The minimum atomic E-state index is -2.49. The van der Waals surface area contributed by atoms with Crippen molar-refractivity contribution in [3.8, 4) is 5.75 Å². The van der Waals surface area contributed by atoms with E-state index in [1.165, 1.54) is 0 Å². The second-order valence-corrected chi connectivity index (χ2v) is 7.81. The number of hydrogen-bond acceptors (Lipinski definition) is 11. The van der Waals surface area contributed by atoms with Crippen molar-refractivity contribution in [3.63, 3.8) is 0 Å². The lowest BCUT2D eigenvalue weighted by atomic mass is 9.92. The molecule has 0 radical (unpaired) electrons. The minimum Gasteiger partial charge on any atom is -0.463 e. The summed E-state index contributed by atoms with van der Waals surface area (Å²) in [5, 5.41) is 0. The van der Waals surface area contributed by atoms with Crippen LogP contribution in [0.2, 0.25) is 0 Å². The van der Waals surface area contributed by atoms with Gasteiger partial charge in [-0.25, -0.2) is 13.2 Å². The summed E-state index contributed by atoms with van der Waals surface area (Å²) in [6.45, 7) is 3.22. The van der Waals surface area contributed by atoms with Crippen LogP contribution in [0.5, 0.6) is 5.75 Å². The summed E-state index contributed by atoms with van der Waals surface area (Å²) in [5.74, 6) is -19.4.